The molecule has 0 spiro atoms. The zero-order valence-corrected chi connectivity index (χ0v) is 17.4. The molecule has 1 amide bonds. The van der Waals surface area contributed by atoms with Crippen LogP contribution in [0, 0.1) is 0 Å². The van der Waals surface area contributed by atoms with E-state index in [1.54, 1.807) is 28.8 Å². The van der Waals surface area contributed by atoms with Crippen molar-refractivity contribution in [3.05, 3.63) is 96.4 Å². The lowest BCUT2D eigenvalue weighted by atomic mass is 10.2. The van der Waals surface area contributed by atoms with Crippen LogP contribution in [0.3, 0.4) is 0 Å². The van der Waals surface area contributed by atoms with Gasteiger partial charge in [-0.05, 0) is 29.8 Å². The van der Waals surface area contributed by atoms with Crippen LogP contribution in [0.2, 0.25) is 0 Å². The molecule has 0 saturated heterocycles. The number of sulfonamides is 1. The van der Waals surface area contributed by atoms with Gasteiger partial charge in [0.05, 0.1) is 18.0 Å². The van der Waals surface area contributed by atoms with E-state index in [0.29, 0.717) is 11.5 Å². The van der Waals surface area contributed by atoms with Gasteiger partial charge in [-0.1, -0.05) is 54.6 Å². The van der Waals surface area contributed by atoms with Crippen LogP contribution >= 0.6 is 0 Å². The number of amides is 1. The molecule has 8 nitrogen and oxygen atoms in total. The van der Waals surface area contributed by atoms with Gasteiger partial charge in [0, 0.05) is 12.7 Å². The number of nitrogens with zero attached hydrogens (tertiary/aromatic N) is 4. The van der Waals surface area contributed by atoms with Gasteiger partial charge in [-0.25, -0.2) is 8.42 Å². The molecule has 0 saturated carbocycles. The van der Waals surface area contributed by atoms with E-state index in [-0.39, 0.29) is 24.5 Å². The molecule has 2 aromatic carbocycles. The third-order valence-electron chi connectivity index (χ3n) is 4.73. The van der Waals surface area contributed by atoms with Crippen LogP contribution in [0.4, 0.5) is 0 Å². The Bertz CT molecular complexity index is 1270. The Kier molecular flexibility index (Phi) is 6.06. The topological polar surface area (TPSA) is 96.7 Å². The van der Waals surface area contributed by atoms with Gasteiger partial charge in [0.15, 0.2) is 11.5 Å². The van der Waals surface area contributed by atoms with E-state index < -0.39 is 15.9 Å². The van der Waals surface area contributed by atoms with Gasteiger partial charge in [-0.15, -0.1) is 10.2 Å². The molecule has 0 fully saturated rings. The highest BCUT2D eigenvalue weighted by Gasteiger charge is 2.26. The summed E-state index contributed by atoms with van der Waals surface area (Å²) in [5.74, 6) is 0.132. The summed E-state index contributed by atoms with van der Waals surface area (Å²) in [6, 6.07) is 22.8. The van der Waals surface area contributed by atoms with Crippen LogP contribution in [0.1, 0.15) is 11.4 Å². The first kappa shape index (κ1) is 20.7. The molecule has 0 aliphatic heterocycles. The molecular formula is C22H21N5O3S. The Hall–Kier alpha value is -3.56. The number of carbonyl (C=O) groups is 1. The molecule has 158 valence electrons. The van der Waals surface area contributed by atoms with Crippen molar-refractivity contribution in [2.75, 3.05) is 6.54 Å². The maximum absolute atomic E-state index is 13.2. The Morgan fingerprint density at radius 1 is 0.903 bits per heavy atom. The fourth-order valence-electron chi connectivity index (χ4n) is 3.16. The summed E-state index contributed by atoms with van der Waals surface area (Å²) in [5.41, 5.74) is 1.46. The first-order chi connectivity index (χ1) is 15.0. The number of rotatable bonds is 8. The number of carbonyl (C=O) groups excluding carboxylic acids is 1. The second-order valence-electron chi connectivity index (χ2n) is 6.89. The van der Waals surface area contributed by atoms with E-state index in [4.69, 9.17) is 0 Å². The highest BCUT2D eigenvalue weighted by molar-refractivity contribution is 7.89. The molecule has 0 atom stereocenters. The normalized spacial score (nSPS) is 11.6. The van der Waals surface area contributed by atoms with Gasteiger partial charge in [-0.2, -0.15) is 4.31 Å². The number of benzene rings is 2. The number of aromatic nitrogens is 3. The quantitative estimate of drug-likeness (QED) is 0.458. The molecule has 0 aliphatic rings. The SMILES string of the molecule is O=C(CN(Cc1ccccc1)S(=O)(=O)c1ccccc1)NCc1nnc2ccccn12. The van der Waals surface area contributed by atoms with Crippen molar-refractivity contribution in [3.63, 3.8) is 0 Å². The Morgan fingerprint density at radius 2 is 1.58 bits per heavy atom. The van der Waals surface area contributed by atoms with Gasteiger partial charge < -0.3 is 5.32 Å². The second-order valence-corrected chi connectivity index (χ2v) is 8.83. The lowest BCUT2D eigenvalue weighted by Crippen LogP contribution is -2.40. The van der Waals surface area contributed by atoms with Crippen molar-refractivity contribution < 1.29 is 13.2 Å². The first-order valence-corrected chi connectivity index (χ1v) is 11.1. The lowest BCUT2D eigenvalue weighted by Gasteiger charge is -2.22. The lowest BCUT2D eigenvalue weighted by molar-refractivity contribution is -0.121. The van der Waals surface area contributed by atoms with Crippen LogP contribution < -0.4 is 5.32 Å². The van der Waals surface area contributed by atoms with Crippen LogP contribution in [0.5, 0.6) is 0 Å². The van der Waals surface area contributed by atoms with Gasteiger partial charge in [0.1, 0.15) is 0 Å². The largest absolute Gasteiger partial charge is 0.348 e. The molecule has 2 aromatic heterocycles. The number of nitrogens with one attached hydrogen (secondary N) is 1. The Labute approximate surface area is 180 Å². The number of hydrogen-bond acceptors (Lipinski definition) is 5. The van der Waals surface area contributed by atoms with Crippen molar-refractivity contribution in [2.24, 2.45) is 0 Å². The van der Waals surface area contributed by atoms with Crippen molar-refractivity contribution >= 4 is 21.6 Å². The molecule has 9 heteroatoms. The third kappa shape index (κ3) is 4.79. The highest BCUT2D eigenvalue weighted by atomic mass is 32.2. The summed E-state index contributed by atoms with van der Waals surface area (Å²) in [4.78, 5) is 12.8. The summed E-state index contributed by atoms with van der Waals surface area (Å²) in [6.07, 6.45) is 1.80. The maximum Gasteiger partial charge on any atom is 0.243 e. The fraction of sp³-hybridized carbons (Fsp3) is 0.136. The minimum atomic E-state index is -3.86. The smallest absolute Gasteiger partial charge is 0.243 e. The number of pyridine rings is 1. The van der Waals surface area contributed by atoms with E-state index >= 15 is 0 Å². The number of fused-ring (bicyclic) bond motifs is 1. The average Bonchev–Trinajstić information content (AvgIpc) is 3.22. The predicted octanol–water partition coefficient (Wildman–Crippen LogP) is 2.24. The predicted molar refractivity (Wildman–Crippen MR) is 115 cm³/mol. The minimum absolute atomic E-state index is 0.0827. The molecule has 0 radical (unpaired) electrons. The maximum atomic E-state index is 13.2. The van der Waals surface area contributed by atoms with Gasteiger partial charge >= 0.3 is 0 Å². The van der Waals surface area contributed by atoms with Crippen molar-refractivity contribution in [1.29, 1.82) is 0 Å². The van der Waals surface area contributed by atoms with Crippen molar-refractivity contribution in [3.8, 4) is 0 Å². The summed E-state index contributed by atoms with van der Waals surface area (Å²) in [5, 5.41) is 10.9. The monoisotopic (exact) mass is 435 g/mol. The first-order valence-electron chi connectivity index (χ1n) is 9.68. The van der Waals surface area contributed by atoms with E-state index in [2.05, 4.69) is 15.5 Å². The van der Waals surface area contributed by atoms with Gasteiger partial charge in [0.2, 0.25) is 15.9 Å². The van der Waals surface area contributed by atoms with Gasteiger partial charge in [0.25, 0.3) is 0 Å². The summed E-state index contributed by atoms with van der Waals surface area (Å²) in [6.45, 7) is -0.100. The van der Waals surface area contributed by atoms with Gasteiger partial charge in [-0.3, -0.25) is 9.20 Å². The molecule has 4 rings (SSSR count). The van der Waals surface area contributed by atoms with Crippen molar-refractivity contribution in [2.45, 2.75) is 18.0 Å². The third-order valence-corrected chi connectivity index (χ3v) is 6.54. The fourth-order valence-corrected chi connectivity index (χ4v) is 4.57. The molecule has 0 aliphatic carbocycles. The molecule has 0 unspecified atom stereocenters. The Balaban J connectivity index is 1.51. The van der Waals surface area contributed by atoms with E-state index in [1.165, 1.54) is 16.4 Å². The Morgan fingerprint density at radius 3 is 2.32 bits per heavy atom. The summed E-state index contributed by atoms with van der Waals surface area (Å²) in [7, 11) is -3.86. The van der Waals surface area contributed by atoms with Crippen LogP contribution in [-0.4, -0.2) is 39.8 Å². The van der Waals surface area contributed by atoms with E-state index in [0.717, 1.165) is 5.56 Å². The van der Waals surface area contributed by atoms with Crippen molar-refractivity contribution in [1.82, 2.24) is 24.2 Å². The summed E-state index contributed by atoms with van der Waals surface area (Å²) < 4.78 is 29.3. The standard InChI is InChI=1S/C22H21N5O3S/c28-22(23-15-21-25-24-20-13-7-8-14-27(20)21)17-26(16-18-9-3-1-4-10-18)31(29,30)19-11-5-2-6-12-19/h1-14H,15-17H2,(H,23,28). The zero-order chi connectivity index (χ0) is 21.7. The van der Waals surface area contributed by atoms with E-state index in [1.807, 2.05) is 48.5 Å². The van der Waals surface area contributed by atoms with Crippen LogP contribution in [0.25, 0.3) is 5.65 Å². The highest BCUT2D eigenvalue weighted by Crippen LogP contribution is 2.18. The molecule has 31 heavy (non-hydrogen) atoms. The molecule has 2 heterocycles. The minimum Gasteiger partial charge on any atom is -0.348 e. The molecular weight excluding hydrogens is 414 g/mol. The number of hydrogen-bond donors (Lipinski definition) is 1. The van der Waals surface area contributed by atoms with Crippen LogP contribution in [0.15, 0.2) is 90.0 Å². The summed E-state index contributed by atoms with van der Waals surface area (Å²) >= 11 is 0. The van der Waals surface area contributed by atoms with E-state index in [9.17, 15) is 13.2 Å². The zero-order valence-electron chi connectivity index (χ0n) is 16.6. The average molecular weight is 436 g/mol. The molecule has 0 bridgehead atoms. The molecule has 4 aromatic rings. The second kappa shape index (κ2) is 9.07. The van der Waals surface area contributed by atoms with Crippen LogP contribution in [-0.2, 0) is 27.9 Å². The molecule has 1 N–H and O–H groups in total.